The largest absolute Gasteiger partial charge is 0.279 e. The number of anilines is 2. The summed E-state index contributed by atoms with van der Waals surface area (Å²) in [6.07, 6.45) is 0.447. The fraction of sp³-hybridized carbons (Fsp3) is 0.154. The van der Waals surface area contributed by atoms with Crippen molar-refractivity contribution in [3.05, 3.63) is 89.5 Å². The van der Waals surface area contributed by atoms with E-state index in [9.17, 15) is 14.4 Å². The third-order valence-electron chi connectivity index (χ3n) is 5.69. The molecule has 0 saturated carbocycles. The van der Waals surface area contributed by atoms with Crippen molar-refractivity contribution in [2.75, 3.05) is 9.80 Å². The fourth-order valence-corrected chi connectivity index (χ4v) is 5.00. The Balaban J connectivity index is 1.50. The van der Waals surface area contributed by atoms with Gasteiger partial charge in [-0.3, -0.25) is 24.2 Å². The number of benzene rings is 3. The molecule has 3 amide bonds. The first kappa shape index (κ1) is 21.0. The Bertz CT molecular complexity index is 1350. The van der Waals surface area contributed by atoms with Crippen LogP contribution in [0.2, 0.25) is 0 Å². The molecule has 0 bridgehead atoms. The van der Waals surface area contributed by atoms with Gasteiger partial charge in [0.15, 0.2) is 5.13 Å². The SMILES string of the molecule is Cc1cccc2sc(N(Cc3ccccc3)C(=O)c3ccc(N4C(=O)CCC4=O)cc3)nc12. The number of hydrogen-bond donors (Lipinski definition) is 0. The third kappa shape index (κ3) is 4.03. The van der Waals surface area contributed by atoms with Crippen LogP contribution >= 0.6 is 11.3 Å². The maximum Gasteiger partial charge on any atom is 0.260 e. The van der Waals surface area contributed by atoms with Crippen LogP contribution < -0.4 is 9.80 Å². The van der Waals surface area contributed by atoms with E-state index < -0.39 is 0 Å². The summed E-state index contributed by atoms with van der Waals surface area (Å²) in [4.78, 5) is 45.3. The van der Waals surface area contributed by atoms with Crippen LogP contribution in [-0.4, -0.2) is 22.7 Å². The maximum absolute atomic E-state index is 13.6. The van der Waals surface area contributed by atoms with Crippen LogP contribution in [0.1, 0.15) is 34.3 Å². The molecule has 1 aliphatic rings. The van der Waals surface area contributed by atoms with Gasteiger partial charge in [0, 0.05) is 18.4 Å². The summed E-state index contributed by atoms with van der Waals surface area (Å²) >= 11 is 1.48. The Morgan fingerprint density at radius 3 is 2.30 bits per heavy atom. The van der Waals surface area contributed by atoms with E-state index in [-0.39, 0.29) is 30.6 Å². The van der Waals surface area contributed by atoms with E-state index >= 15 is 0 Å². The smallest absolute Gasteiger partial charge is 0.260 e. The lowest BCUT2D eigenvalue weighted by molar-refractivity contribution is -0.121. The second kappa shape index (κ2) is 8.60. The van der Waals surface area contributed by atoms with Gasteiger partial charge in [-0.2, -0.15) is 0 Å². The molecule has 0 radical (unpaired) electrons. The number of fused-ring (bicyclic) bond motifs is 1. The van der Waals surface area contributed by atoms with E-state index in [0.717, 1.165) is 21.3 Å². The highest BCUT2D eigenvalue weighted by molar-refractivity contribution is 7.22. The van der Waals surface area contributed by atoms with E-state index in [4.69, 9.17) is 4.98 Å². The van der Waals surface area contributed by atoms with Crippen molar-refractivity contribution in [1.29, 1.82) is 0 Å². The van der Waals surface area contributed by atoms with Gasteiger partial charge in [-0.05, 0) is 48.4 Å². The van der Waals surface area contributed by atoms with Crippen LogP contribution in [0, 0.1) is 6.92 Å². The zero-order chi connectivity index (χ0) is 22.9. The van der Waals surface area contributed by atoms with Crippen LogP contribution in [0.3, 0.4) is 0 Å². The molecule has 164 valence electrons. The minimum absolute atomic E-state index is 0.193. The van der Waals surface area contributed by atoms with Gasteiger partial charge in [-0.1, -0.05) is 53.8 Å². The van der Waals surface area contributed by atoms with E-state index in [1.54, 1.807) is 29.2 Å². The summed E-state index contributed by atoms with van der Waals surface area (Å²) in [5, 5.41) is 0.627. The highest BCUT2D eigenvalue weighted by atomic mass is 32.1. The molecule has 0 atom stereocenters. The minimum Gasteiger partial charge on any atom is -0.279 e. The number of carbonyl (C=O) groups is 3. The van der Waals surface area contributed by atoms with Crippen molar-refractivity contribution in [3.63, 3.8) is 0 Å². The topological polar surface area (TPSA) is 70.6 Å². The Hall–Kier alpha value is -3.84. The number of rotatable bonds is 5. The summed E-state index contributed by atoms with van der Waals surface area (Å²) in [5.41, 5.74) is 3.90. The molecule has 3 aromatic carbocycles. The summed E-state index contributed by atoms with van der Waals surface area (Å²) < 4.78 is 1.03. The first-order chi connectivity index (χ1) is 16.0. The normalized spacial score (nSPS) is 13.7. The number of hydrogen-bond acceptors (Lipinski definition) is 5. The molecule has 0 unspecified atom stereocenters. The van der Waals surface area contributed by atoms with Crippen LogP contribution in [0.5, 0.6) is 0 Å². The van der Waals surface area contributed by atoms with E-state index in [1.807, 2.05) is 55.5 Å². The second-order valence-electron chi connectivity index (χ2n) is 7.96. The average molecular weight is 456 g/mol. The Morgan fingerprint density at radius 2 is 1.64 bits per heavy atom. The monoisotopic (exact) mass is 455 g/mol. The highest BCUT2D eigenvalue weighted by Gasteiger charge is 2.30. The average Bonchev–Trinajstić information content (AvgIpc) is 3.41. The number of amides is 3. The number of imide groups is 1. The summed E-state index contributed by atoms with van der Waals surface area (Å²) in [6.45, 7) is 2.39. The molecule has 0 spiro atoms. The van der Waals surface area contributed by atoms with Crippen molar-refractivity contribution < 1.29 is 14.4 Å². The van der Waals surface area contributed by atoms with Crippen molar-refractivity contribution in [1.82, 2.24) is 4.98 Å². The van der Waals surface area contributed by atoms with Crippen molar-refractivity contribution >= 4 is 50.1 Å². The number of para-hydroxylation sites is 1. The van der Waals surface area contributed by atoms with Crippen molar-refractivity contribution in [2.24, 2.45) is 0 Å². The Kier molecular flexibility index (Phi) is 5.48. The van der Waals surface area contributed by atoms with Crippen LogP contribution in [0.25, 0.3) is 10.2 Å². The van der Waals surface area contributed by atoms with E-state index in [1.165, 1.54) is 16.2 Å². The Labute approximate surface area is 195 Å². The van der Waals surface area contributed by atoms with Gasteiger partial charge in [0.1, 0.15) is 0 Å². The van der Waals surface area contributed by atoms with Gasteiger partial charge in [-0.15, -0.1) is 0 Å². The van der Waals surface area contributed by atoms with E-state index in [0.29, 0.717) is 22.9 Å². The molecule has 2 heterocycles. The number of nitrogens with zero attached hydrogens (tertiary/aromatic N) is 3. The zero-order valence-electron chi connectivity index (χ0n) is 18.0. The van der Waals surface area contributed by atoms with Gasteiger partial charge in [-0.25, -0.2) is 4.98 Å². The molecule has 5 rings (SSSR count). The lowest BCUT2D eigenvalue weighted by Crippen LogP contribution is -2.31. The second-order valence-corrected chi connectivity index (χ2v) is 8.97. The molecular formula is C26H21N3O3S. The van der Waals surface area contributed by atoms with E-state index in [2.05, 4.69) is 0 Å². The predicted octanol–water partition coefficient (Wildman–Crippen LogP) is 5.11. The highest BCUT2D eigenvalue weighted by Crippen LogP contribution is 2.32. The summed E-state index contributed by atoms with van der Waals surface area (Å²) in [5.74, 6) is -0.620. The molecule has 0 N–H and O–H groups in total. The van der Waals surface area contributed by atoms with Crippen molar-refractivity contribution in [2.45, 2.75) is 26.3 Å². The van der Waals surface area contributed by atoms with Gasteiger partial charge in [0.05, 0.1) is 22.4 Å². The standard InChI is InChI=1S/C26H21N3O3S/c1-17-6-5-9-21-24(17)27-26(33-21)28(16-18-7-3-2-4-8-18)25(32)19-10-12-20(13-11-19)29-22(30)14-15-23(29)31/h2-13H,14-16H2,1H3. The van der Waals surface area contributed by atoms with Crippen LogP contribution in [0.15, 0.2) is 72.8 Å². The lowest BCUT2D eigenvalue weighted by atomic mass is 10.1. The quantitative estimate of drug-likeness (QED) is 0.392. The number of aromatic nitrogens is 1. The molecular weight excluding hydrogens is 434 g/mol. The number of carbonyl (C=O) groups excluding carboxylic acids is 3. The molecule has 4 aromatic rings. The third-order valence-corrected chi connectivity index (χ3v) is 6.74. The van der Waals surface area contributed by atoms with Crippen LogP contribution in [-0.2, 0) is 16.1 Å². The maximum atomic E-state index is 13.6. The molecule has 1 fully saturated rings. The first-order valence-corrected chi connectivity index (χ1v) is 11.5. The molecule has 1 aliphatic heterocycles. The minimum atomic E-state index is -0.213. The van der Waals surface area contributed by atoms with Crippen LogP contribution in [0.4, 0.5) is 10.8 Å². The zero-order valence-corrected chi connectivity index (χ0v) is 18.8. The fourth-order valence-electron chi connectivity index (χ4n) is 3.96. The molecule has 7 heteroatoms. The number of aryl methyl sites for hydroxylation is 1. The molecule has 33 heavy (non-hydrogen) atoms. The van der Waals surface area contributed by atoms with Gasteiger partial charge in [0.2, 0.25) is 11.8 Å². The molecule has 0 aliphatic carbocycles. The van der Waals surface area contributed by atoms with Crippen molar-refractivity contribution in [3.8, 4) is 0 Å². The Morgan fingerprint density at radius 1 is 0.939 bits per heavy atom. The van der Waals surface area contributed by atoms with Gasteiger partial charge < -0.3 is 0 Å². The van der Waals surface area contributed by atoms with Gasteiger partial charge >= 0.3 is 0 Å². The van der Waals surface area contributed by atoms with Gasteiger partial charge in [0.25, 0.3) is 5.91 Å². The summed E-state index contributed by atoms with van der Waals surface area (Å²) in [7, 11) is 0. The molecule has 6 nitrogen and oxygen atoms in total. The lowest BCUT2D eigenvalue weighted by Gasteiger charge is -2.21. The molecule has 1 saturated heterocycles. The molecule has 1 aromatic heterocycles. The summed E-state index contributed by atoms with van der Waals surface area (Å²) in [6, 6.07) is 22.4. The number of thiazole rings is 1. The first-order valence-electron chi connectivity index (χ1n) is 10.7. The predicted molar refractivity (Wildman–Crippen MR) is 129 cm³/mol.